The van der Waals surface area contributed by atoms with Gasteiger partial charge in [0.05, 0.1) is 7.11 Å². The molecule has 0 unspecified atom stereocenters. The Balaban J connectivity index is 2.15. The highest BCUT2D eigenvalue weighted by atomic mass is 32.2. The van der Waals surface area contributed by atoms with Gasteiger partial charge >= 0.3 is 5.97 Å². The molecule has 0 saturated heterocycles. The first-order chi connectivity index (χ1) is 8.69. The molecule has 2 rings (SSSR count). The average Bonchev–Trinajstić information content (AvgIpc) is 2.76. The SMILES string of the molecule is COC(=O)Cn1nnnc1Sc1cccc(C)n1. The number of esters is 1. The molecule has 94 valence electrons. The van der Waals surface area contributed by atoms with Crippen molar-refractivity contribution in [1.82, 2.24) is 25.2 Å². The predicted molar refractivity (Wildman–Crippen MR) is 62.9 cm³/mol. The van der Waals surface area contributed by atoms with Gasteiger partial charge in [0.25, 0.3) is 0 Å². The molecule has 8 heteroatoms. The van der Waals surface area contributed by atoms with E-state index in [1.807, 2.05) is 25.1 Å². The maximum atomic E-state index is 11.2. The lowest BCUT2D eigenvalue weighted by Gasteiger charge is -2.02. The molecule has 0 spiro atoms. The molecule has 2 heterocycles. The molecule has 0 bridgehead atoms. The van der Waals surface area contributed by atoms with Crippen molar-refractivity contribution in [2.45, 2.75) is 23.7 Å². The van der Waals surface area contributed by atoms with Crippen molar-refractivity contribution >= 4 is 17.7 Å². The van der Waals surface area contributed by atoms with Crippen LogP contribution in [0.15, 0.2) is 28.4 Å². The van der Waals surface area contributed by atoms with Crippen molar-refractivity contribution in [3.63, 3.8) is 0 Å². The third-order valence-electron chi connectivity index (χ3n) is 2.06. The molecule has 0 radical (unpaired) electrons. The Hall–Kier alpha value is -1.96. The van der Waals surface area contributed by atoms with Gasteiger partial charge in [0.1, 0.15) is 11.6 Å². The van der Waals surface area contributed by atoms with Crippen LogP contribution in [0.4, 0.5) is 0 Å². The maximum Gasteiger partial charge on any atom is 0.327 e. The van der Waals surface area contributed by atoms with Gasteiger partial charge in [0.2, 0.25) is 5.16 Å². The molecule has 2 aromatic heterocycles. The summed E-state index contributed by atoms with van der Waals surface area (Å²) in [4.78, 5) is 15.5. The highest BCUT2D eigenvalue weighted by Crippen LogP contribution is 2.23. The van der Waals surface area contributed by atoms with Crippen LogP contribution >= 0.6 is 11.8 Å². The number of tetrazole rings is 1. The number of aromatic nitrogens is 5. The average molecular weight is 265 g/mol. The fraction of sp³-hybridized carbons (Fsp3) is 0.300. The molecular weight excluding hydrogens is 254 g/mol. The second-order valence-electron chi connectivity index (χ2n) is 3.41. The lowest BCUT2D eigenvalue weighted by molar-refractivity contribution is -0.141. The standard InChI is InChI=1S/C10H11N5O2S/c1-7-4-3-5-8(11-7)18-10-12-13-14-15(10)6-9(16)17-2/h3-5H,6H2,1-2H3. The summed E-state index contributed by atoms with van der Waals surface area (Å²) in [5, 5.41) is 12.4. The van der Waals surface area contributed by atoms with Crippen LogP contribution in [0.1, 0.15) is 5.69 Å². The number of ether oxygens (including phenoxy) is 1. The quantitative estimate of drug-likeness (QED) is 0.752. The van der Waals surface area contributed by atoms with Crippen LogP contribution in [-0.2, 0) is 16.1 Å². The highest BCUT2D eigenvalue weighted by Gasteiger charge is 2.12. The van der Waals surface area contributed by atoms with Crippen LogP contribution in [0.3, 0.4) is 0 Å². The molecule has 2 aromatic rings. The number of hydrogen-bond donors (Lipinski definition) is 0. The second-order valence-corrected chi connectivity index (χ2v) is 4.40. The highest BCUT2D eigenvalue weighted by molar-refractivity contribution is 7.99. The van der Waals surface area contributed by atoms with E-state index in [9.17, 15) is 4.79 Å². The summed E-state index contributed by atoms with van der Waals surface area (Å²) in [5.74, 6) is -0.402. The van der Waals surface area contributed by atoms with Crippen molar-refractivity contribution in [2.75, 3.05) is 7.11 Å². The normalized spacial score (nSPS) is 10.3. The predicted octanol–water partition coefficient (Wildman–Crippen LogP) is 0.701. The van der Waals surface area contributed by atoms with Crippen LogP contribution in [0.25, 0.3) is 0 Å². The Labute approximate surface area is 108 Å². The van der Waals surface area contributed by atoms with Gasteiger partial charge in [-0.25, -0.2) is 9.67 Å². The van der Waals surface area contributed by atoms with Crippen LogP contribution < -0.4 is 0 Å². The number of hydrogen-bond acceptors (Lipinski definition) is 7. The van der Waals surface area contributed by atoms with Gasteiger partial charge in [-0.3, -0.25) is 4.79 Å². The van der Waals surface area contributed by atoms with Crippen LogP contribution in [0, 0.1) is 6.92 Å². The van der Waals surface area contributed by atoms with Crippen molar-refractivity contribution in [3.05, 3.63) is 23.9 Å². The molecule has 0 saturated carbocycles. The maximum absolute atomic E-state index is 11.2. The lowest BCUT2D eigenvalue weighted by atomic mass is 10.4. The Kier molecular flexibility index (Phi) is 3.88. The minimum absolute atomic E-state index is 0.0162. The minimum Gasteiger partial charge on any atom is -0.468 e. The summed E-state index contributed by atoms with van der Waals surface area (Å²) in [5.41, 5.74) is 0.909. The van der Waals surface area contributed by atoms with Crippen molar-refractivity contribution < 1.29 is 9.53 Å². The number of pyridine rings is 1. The van der Waals surface area contributed by atoms with Gasteiger partial charge in [-0.05, 0) is 41.2 Å². The molecular formula is C10H11N5O2S. The molecule has 0 aliphatic carbocycles. The first-order valence-corrected chi connectivity index (χ1v) is 5.95. The monoisotopic (exact) mass is 265 g/mol. The minimum atomic E-state index is -0.402. The van der Waals surface area contributed by atoms with E-state index in [1.165, 1.54) is 23.6 Å². The first-order valence-electron chi connectivity index (χ1n) is 5.13. The van der Waals surface area contributed by atoms with Crippen molar-refractivity contribution in [3.8, 4) is 0 Å². The lowest BCUT2D eigenvalue weighted by Crippen LogP contribution is -2.13. The molecule has 0 atom stereocenters. The third kappa shape index (κ3) is 3.04. The second kappa shape index (κ2) is 5.58. The summed E-state index contributed by atoms with van der Waals surface area (Å²) in [6.07, 6.45) is 0. The van der Waals surface area contributed by atoms with Gasteiger partial charge < -0.3 is 4.74 Å². The van der Waals surface area contributed by atoms with E-state index in [0.717, 1.165) is 10.7 Å². The largest absolute Gasteiger partial charge is 0.468 e. The molecule has 0 amide bonds. The fourth-order valence-corrected chi connectivity index (χ4v) is 2.03. The first kappa shape index (κ1) is 12.5. The Morgan fingerprint density at radius 3 is 3.06 bits per heavy atom. The van der Waals surface area contributed by atoms with Crippen molar-refractivity contribution in [2.24, 2.45) is 0 Å². The van der Waals surface area contributed by atoms with E-state index in [0.29, 0.717) is 5.16 Å². The van der Waals surface area contributed by atoms with Crippen LogP contribution in [-0.4, -0.2) is 38.3 Å². The zero-order chi connectivity index (χ0) is 13.0. The Morgan fingerprint density at radius 2 is 2.33 bits per heavy atom. The van der Waals surface area contributed by atoms with Crippen LogP contribution in [0.5, 0.6) is 0 Å². The number of nitrogens with zero attached hydrogens (tertiary/aromatic N) is 5. The van der Waals surface area contributed by atoms with Gasteiger partial charge in [-0.15, -0.1) is 5.10 Å². The summed E-state index contributed by atoms with van der Waals surface area (Å²) in [7, 11) is 1.32. The molecule has 7 nitrogen and oxygen atoms in total. The zero-order valence-electron chi connectivity index (χ0n) is 9.90. The number of carbonyl (C=O) groups excluding carboxylic acids is 1. The van der Waals surface area contributed by atoms with E-state index in [2.05, 4.69) is 25.2 Å². The molecule has 0 fully saturated rings. The zero-order valence-corrected chi connectivity index (χ0v) is 10.7. The summed E-state index contributed by atoms with van der Waals surface area (Å²) in [6.45, 7) is 1.89. The third-order valence-corrected chi connectivity index (χ3v) is 2.98. The van der Waals surface area contributed by atoms with Crippen molar-refractivity contribution in [1.29, 1.82) is 0 Å². The van der Waals surface area contributed by atoms with E-state index >= 15 is 0 Å². The molecule has 0 aliphatic rings. The summed E-state index contributed by atoms with van der Waals surface area (Å²) in [6, 6.07) is 5.66. The van der Waals surface area contributed by atoms with Gasteiger partial charge in [0.15, 0.2) is 0 Å². The number of carbonyl (C=O) groups is 1. The van der Waals surface area contributed by atoms with E-state index in [4.69, 9.17) is 0 Å². The molecule has 0 aliphatic heterocycles. The Morgan fingerprint density at radius 1 is 1.50 bits per heavy atom. The van der Waals surface area contributed by atoms with Gasteiger partial charge in [-0.2, -0.15) is 0 Å². The number of rotatable bonds is 4. The van der Waals surface area contributed by atoms with E-state index in [1.54, 1.807) is 0 Å². The smallest absolute Gasteiger partial charge is 0.327 e. The number of methoxy groups -OCH3 is 1. The summed E-state index contributed by atoms with van der Waals surface area (Å²) >= 11 is 1.30. The Bertz CT molecular complexity index is 557. The molecule has 18 heavy (non-hydrogen) atoms. The van der Waals surface area contributed by atoms with E-state index < -0.39 is 5.97 Å². The fourth-order valence-electron chi connectivity index (χ4n) is 1.22. The number of aryl methyl sites for hydroxylation is 1. The summed E-state index contributed by atoms with van der Waals surface area (Å²) < 4.78 is 5.94. The topological polar surface area (TPSA) is 82.8 Å². The molecule has 0 N–H and O–H groups in total. The van der Waals surface area contributed by atoms with E-state index in [-0.39, 0.29) is 6.54 Å². The van der Waals surface area contributed by atoms with Crippen LogP contribution in [0.2, 0.25) is 0 Å². The van der Waals surface area contributed by atoms with Gasteiger partial charge in [0, 0.05) is 5.69 Å². The van der Waals surface area contributed by atoms with Gasteiger partial charge in [-0.1, -0.05) is 6.07 Å². The molecule has 0 aromatic carbocycles.